The van der Waals surface area contributed by atoms with E-state index in [1.165, 1.54) is 11.0 Å². The van der Waals surface area contributed by atoms with Gasteiger partial charge in [0.15, 0.2) is 0 Å². The minimum absolute atomic E-state index is 0.120. The predicted octanol–water partition coefficient (Wildman–Crippen LogP) is 2.44. The van der Waals surface area contributed by atoms with Crippen LogP contribution in [0, 0.1) is 5.82 Å². The van der Waals surface area contributed by atoms with Crippen molar-refractivity contribution in [2.24, 2.45) is 7.05 Å². The number of hydrogen-bond donors (Lipinski definition) is 0. The fraction of sp³-hybridized carbons (Fsp3) is 0.214. The molecule has 1 aromatic carbocycles. The molecule has 1 heterocycles. The normalized spacial score (nSPS) is 10.4. The number of halogens is 1. The second-order valence-electron chi connectivity index (χ2n) is 4.26. The second-order valence-corrected chi connectivity index (χ2v) is 4.26. The molecule has 1 aromatic heterocycles. The summed E-state index contributed by atoms with van der Waals surface area (Å²) in [6, 6.07) is 10.0. The quantitative estimate of drug-likeness (QED) is 0.816. The van der Waals surface area contributed by atoms with Gasteiger partial charge in [-0.3, -0.25) is 4.79 Å². The highest BCUT2D eigenvalue weighted by molar-refractivity contribution is 5.92. The Balaban J connectivity index is 2.14. The Morgan fingerprint density at radius 1 is 1.28 bits per heavy atom. The molecule has 0 N–H and O–H groups in total. The zero-order valence-corrected chi connectivity index (χ0v) is 10.4. The Bertz CT molecular complexity index is 562. The number of hydrogen-bond acceptors (Lipinski definition) is 1. The van der Waals surface area contributed by atoms with Crippen LogP contribution in [0.5, 0.6) is 0 Å². The minimum atomic E-state index is -0.288. The maximum atomic E-state index is 13.5. The first kappa shape index (κ1) is 12.4. The minimum Gasteiger partial charge on any atom is -0.347 e. The molecule has 4 heteroatoms. The van der Waals surface area contributed by atoms with Gasteiger partial charge in [0.1, 0.15) is 11.5 Å². The lowest BCUT2D eigenvalue weighted by Crippen LogP contribution is -2.28. The maximum absolute atomic E-state index is 13.5. The van der Waals surface area contributed by atoms with Crippen molar-refractivity contribution >= 4 is 5.91 Å². The van der Waals surface area contributed by atoms with Crippen LogP contribution in [-0.4, -0.2) is 22.4 Å². The topological polar surface area (TPSA) is 25.2 Å². The molecule has 1 amide bonds. The third-order valence-electron chi connectivity index (χ3n) is 2.87. The Hall–Kier alpha value is -2.10. The molecular weight excluding hydrogens is 231 g/mol. The SMILES string of the molecule is CN(Cc1ccccc1F)C(=O)c1cccn1C. The summed E-state index contributed by atoms with van der Waals surface area (Å²) in [5.74, 6) is -0.408. The molecule has 0 atom stereocenters. The van der Waals surface area contributed by atoms with E-state index in [0.717, 1.165) is 0 Å². The molecule has 3 nitrogen and oxygen atoms in total. The Morgan fingerprint density at radius 3 is 2.61 bits per heavy atom. The molecule has 94 valence electrons. The highest BCUT2D eigenvalue weighted by Crippen LogP contribution is 2.11. The number of amides is 1. The van der Waals surface area contributed by atoms with Crippen LogP contribution in [0.25, 0.3) is 0 Å². The second kappa shape index (κ2) is 5.04. The Kier molecular flexibility index (Phi) is 3.46. The van der Waals surface area contributed by atoms with Gasteiger partial charge >= 0.3 is 0 Å². The molecule has 0 bridgehead atoms. The van der Waals surface area contributed by atoms with E-state index in [1.54, 1.807) is 35.9 Å². The molecule has 0 saturated carbocycles. The molecule has 18 heavy (non-hydrogen) atoms. The Morgan fingerprint density at radius 2 is 2.00 bits per heavy atom. The molecule has 2 aromatic rings. The largest absolute Gasteiger partial charge is 0.347 e. The van der Waals surface area contributed by atoms with E-state index in [-0.39, 0.29) is 18.3 Å². The summed E-state index contributed by atoms with van der Waals surface area (Å²) in [7, 11) is 3.48. The van der Waals surface area contributed by atoms with Crippen LogP contribution in [-0.2, 0) is 13.6 Å². The first-order valence-electron chi connectivity index (χ1n) is 5.70. The number of nitrogens with zero attached hydrogens (tertiary/aromatic N) is 2. The van der Waals surface area contributed by atoms with E-state index in [1.807, 2.05) is 19.3 Å². The molecule has 0 fully saturated rings. The molecule has 2 rings (SSSR count). The summed E-state index contributed by atoms with van der Waals surface area (Å²) >= 11 is 0. The van der Waals surface area contributed by atoms with Gasteiger partial charge in [0.05, 0.1) is 0 Å². The number of rotatable bonds is 3. The van der Waals surface area contributed by atoms with Gasteiger partial charge in [0.25, 0.3) is 5.91 Å². The maximum Gasteiger partial charge on any atom is 0.270 e. The highest BCUT2D eigenvalue weighted by Gasteiger charge is 2.15. The molecule has 0 radical (unpaired) electrons. The van der Waals surface area contributed by atoms with Gasteiger partial charge in [0, 0.05) is 32.4 Å². The van der Waals surface area contributed by atoms with E-state index >= 15 is 0 Å². The van der Waals surface area contributed by atoms with E-state index in [2.05, 4.69) is 0 Å². The van der Waals surface area contributed by atoms with E-state index in [4.69, 9.17) is 0 Å². The number of benzene rings is 1. The van der Waals surface area contributed by atoms with Crippen LogP contribution >= 0.6 is 0 Å². The monoisotopic (exact) mass is 246 g/mol. The third kappa shape index (κ3) is 2.42. The van der Waals surface area contributed by atoms with E-state index in [0.29, 0.717) is 11.3 Å². The Labute approximate surface area is 105 Å². The number of carbonyl (C=O) groups is 1. The zero-order chi connectivity index (χ0) is 13.1. The van der Waals surface area contributed by atoms with Crippen LogP contribution in [0.4, 0.5) is 4.39 Å². The summed E-state index contributed by atoms with van der Waals surface area (Å²) in [6.45, 7) is 0.261. The van der Waals surface area contributed by atoms with Crippen molar-refractivity contribution in [2.45, 2.75) is 6.54 Å². The van der Waals surface area contributed by atoms with Crippen LogP contribution in [0.15, 0.2) is 42.6 Å². The average Bonchev–Trinajstić information content (AvgIpc) is 2.77. The lowest BCUT2D eigenvalue weighted by molar-refractivity contribution is 0.0774. The van der Waals surface area contributed by atoms with Gasteiger partial charge < -0.3 is 9.47 Å². The third-order valence-corrected chi connectivity index (χ3v) is 2.87. The molecular formula is C14H15FN2O. The molecule has 0 aliphatic rings. The summed E-state index contributed by atoms with van der Waals surface area (Å²) in [6.07, 6.45) is 1.81. The first-order valence-corrected chi connectivity index (χ1v) is 5.70. The van der Waals surface area contributed by atoms with E-state index in [9.17, 15) is 9.18 Å². The molecule has 0 aliphatic heterocycles. The van der Waals surface area contributed by atoms with Crippen molar-refractivity contribution in [1.82, 2.24) is 9.47 Å². The fourth-order valence-corrected chi connectivity index (χ4v) is 1.83. The van der Waals surface area contributed by atoms with E-state index < -0.39 is 0 Å². The molecule has 0 saturated heterocycles. The van der Waals surface area contributed by atoms with Crippen molar-refractivity contribution in [2.75, 3.05) is 7.05 Å². The van der Waals surface area contributed by atoms with Crippen LogP contribution in [0.1, 0.15) is 16.1 Å². The summed E-state index contributed by atoms with van der Waals surface area (Å²) < 4.78 is 15.2. The lowest BCUT2D eigenvalue weighted by atomic mass is 10.2. The lowest BCUT2D eigenvalue weighted by Gasteiger charge is -2.18. The van der Waals surface area contributed by atoms with Crippen LogP contribution in [0.3, 0.4) is 0 Å². The predicted molar refractivity (Wildman–Crippen MR) is 67.6 cm³/mol. The molecule has 0 aliphatic carbocycles. The van der Waals surface area contributed by atoms with Gasteiger partial charge in [-0.2, -0.15) is 0 Å². The van der Waals surface area contributed by atoms with Crippen molar-refractivity contribution < 1.29 is 9.18 Å². The van der Waals surface area contributed by atoms with Crippen molar-refractivity contribution in [3.8, 4) is 0 Å². The van der Waals surface area contributed by atoms with Gasteiger partial charge in [-0.05, 0) is 18.2 Å². The zero-order valence-electron chi connectivity index (χ0n) is 10.4. The van der Waals surface area contributed by atoms with Gasteiger partial charge in [-0.1, -0.05) is 18.2 Å². The first-order chi connectivity index (χ1) is 8.59. The summed E-state index contributed by atoms with van der Waals surface area (Å²) in [5, 5.41) is 0. The van der Waals surface area contributed by atoms with Crippen molar-refractivity contribution in [3.63, 3.8) is 0 Å². The van der Waals surface area contributed by atoms with Crippen molar-refractivity contribution in [1.29, 1.82) is 0 Å². The van der Waals surface area contributed by atoms with Gasteiger partial charge in [-0.15, -0.1) is 0 Å². The van der Waals surface area contributed by atoms with Gasteiger partial charge in [-0.25, -0.2) is 4.39 Å². The molecule has 0 unspecified atom stereocenters. The number of carbonyl (C=O) groups excluding carboxylic acids is 1. The number of aromatic nitrogens is 1. The summed E-state index contributed by atoms with van der Waals surface area (Å²) in [4.78, 5) is 13.6. The van der Waals surface area contributed by atoms with Crippen molar-refractivity contribution in [3.05, 3.63) is 59.7 Å². The molecule has 0 spiro atoms. The van der Waals surface area contributed by atoms with Crippen LogP contribution in [0.2, 0.25) is 0 Å². The fourth-order valence-electron chi connectivity index (χ4n) is 1.83. The number of aryl methyl sites for hydroxylation is 1. The standard InChI is InChI=1S/C14H15FN2O/c1-16-9-5-8-13(16)14(18)17(2)10-11-6-3-4-7-12(11)15/h3-9H,10H2,1-2H3. The van der Waals surface area contributed by atoms with Crippen LogP contribution < -0.4 is 0 Å². The average molecular weight is 246 g/mol. The highest BCUT2D eigenvalue weighted by atomic mass is 19.1. The summed E-state index contributed by atoms with van der Waals surface area (Å²) in [5.41, 5.74) is 1.11. The van der Waals surface area contributed by atoms with Gasteiger partial charge in [0.2, 0.25) is 0 Å². The smallest absolute Gasteiger partial charge is 0.270 e.